The lowest BCUT2D eigenvalue weighted by Crippen LogP contribution is -2.14. The highest BCUT2D eigenvalue weighted by molar-refractivity contribution is 6.00. The van der Waals surface area contributed by atoms with Gasteiger partial charge >= 0.3 is 0 Å². The minimum atomic E-state index is -0.267. The van der Waals surface area contributed by atoms with Crippen LogP contribution in [-0.2, 0) is 4.79 Å². The molecule has 2 heterocycles. The summed E-state index contributed by atoms with van der Waals surface area (Å²) in [7, 11) is 0. The van der Waals surface area contributed by atoms with E-state index < -0.39 is 0 Å². The fourth-order valence-corrected chi connectivity index (χ4v) is 2.91. The molecule has 0 atom stereocenters. The van der Waals surface area contributed by atoms with Crippen molar-refractivity contribution in [2.75, 3.05) is 18.5 Å². The Morgan fingerprint density at radius 3 is 2.70 bits per heavy atom. The van der Waals surface area contributed by atoms with E-state index in [2.05, 4.69) is 15.3 Å². The molecule has 2 aromatic carbocycles. The van der Waals surface area contributed by atoms with Crippen LogP contribution in [0, 0.1) is 0 Å². The molecule has 2 N–H and O–H groups in total. The molecule has 7 heteroatoms. The van der Waals surface area contributed by atoms with E-state index in [1.165, 1.54) is 0 Å². The fourth-order valence-electron chi connectivity index (χ4n) is 2.91. The monoisotopic (exact) mass is 365 g/mol. The number of imidazole rings is 1. The number of rotatable bonds is 5. The molecule has 138 valence electrons. The molecule has 0 saturated heterocycles. The maximum Gasteiger partial charge on any atom is 0.227 e. The van der Waals surface area contributed by atoms with Crippen LogP contribution in [0.25, 0.3) is 11.0 Å². The molecule has 1 amide bonds. The van der Waals surface area contributed by atoms with Gasteiger partial charge in [0.1, 0.15) is 0 Å². The number of fused-ring (bicyclic) bond motifs is 2. The highest BCUT2D eigenvalue weighted by Gasteiger charge is 2.15. The maximum atomic E-state index is 12.4. The van der Waals surface area contributed by atoms with Gasteiger partial charge in [-0.15, -0.1) is 0 Å². The van der Waals surface area contributed by atoms with Gasteiger partial charge in [-0.1, -0.05) is 12.1 Å². The molecule has 0 unspecified atom stereocenters. The lowest BCUT2D eigenvalue weighted by Gasteiger charge is -2.08. The summed E-state index contributed by atoms with van der Waals surface area (Å²) in [5.41, 5.74) is 2.13. The van der Waals surface area contributed by atoms with E-state index in [1.54, 1.807) is 18.2 Å². The Kier molecular flexibility index (Phi) is 4.74. The smallest absolute Gasteiger partial charge is 0.227 e. The average molecular weight is 365 g/mol. The number of hydrogen-bond donors (Lipinski definition) is 2. The predicted octanol–water partition coefficient (Wildman–Crippen LogP) is 3.33. The molecule has 0 aliphatic carbocycles. The first-order valence-corrected chi connectivity index (χ1v) is 8.86. The standard InChI is InChI=1S/C20H19N3O4/c24-16(13-6-8-17-18(12-13)27-11-3-10-26-17)7-9-19(25)23-20-21-14-4-1-2-5-15(14)22-20/h1-2,4-6,8,12H,3,7,9-11H2,(H2,21,22,23,25). The van der Waals surface area contributed by atoms with Crippen molar-refractivity contribution in [3.05, 3.63) is 48.0 Å². The molecule has 1 aliphatic heterocycles. The summed E-state index contributed by atoms with van der Waals surface area (Å²) in [6.45, 7) is 1.16. The summed E-state index contributed by atoms with van der Waals surface area (Å²) in [6, 6.07) is 12.6. The van der Waals surface area contributed by atoms with Gasteiger partial charge in [-0.2, -0.15) is 0 Å². The van der Waals surface area contributed by atoms with Crippen LogP contribution >= 0.6 is 0 Å². The number of amides is 1. The summed E-state index contributed by atoms with van der Waals surface area (Å²) in [4.78, 5) is 31.9. The van der Waals surface area contributed by atoms with Gasteiger partial charge in [0.05, 0.1) is 24.2 Å². The Labute approximate surface area is 155 Å². The summed E-state index contributed by atoms with van der Waals surface area (Å²) in [6.07, 6.45) is 0.982. The molecule has 3 aromatic rings. The van der Waals surface area contributed by atoms with Crippen molar-refractivity contribution in [3.63, 3.8) is 0 Å². The minimum absolute atomic E-state index is 0.0737. The Bertz CT molecular complexity index is 963. The first-order valence-electron chi connectivity index (χ1n) is 8.86. The largest absolute Gasteiger partial charge is 0.490 e. The van der Waals surface area contributed by atoms with Gasteiger partial charge in [0.2, 0.25) is 11.9 Å². The summed E-state index contributed by atoms with van der Waals surface area (Å²) in [5, 5.41) is 2.69. The van der Waals surface area contributed by atoms with E-state index in [4.69, 9.17) is 9.47 Å². The topological polar surface area (TPSA) is 93.3 Å². The lowest BCUT2D eigenvalue weighted by molar-refractivity contribution is -0.116. The molecule has 0 fully saturated rings. The number of benzene rings is 2. The molecule has 7 nitrogen and oxygen atoms in total. The van der Waals surface area contributed by atoms with Crippen molar-refractivity contribution >= 4 is 28.7 Å². The van der Waals surface area contributed by atoms with Gasteiger partial charge < -0.3 is 14.5 Å². The second kappa shape index (κ2) is 7.49. The third-order valence-electron chi connectivity index (χ3n) is 4.30. The second-order valence-corrected chi connectivity index (χ2v) is 6.29. The van der Waals surface area contributed by atoms with Crippen LogP contribution in [0.15, 0.2) is 42.5 Å². The van der Waals surface area contributed by atoms with Crippen LogP contribution < -0.4 is 14.8 Å². The highest BCUT2D eigenvalue weighted by atomic mass is 16.5. The quantitative estimate of drug-likeness (QED) is 0.677. The van der Waals surface area contributed by atoms with Crippen molar-refractivity contribution in [1.82, 2.24) is 9.97 Å². The number of nitrogens with one attached hydrogen (secondary N) is 2. The Morgan fingerprint density at radius 1 is 1.04 bits per heavy atom. The van der Waals surface area contributed by atoms with Crippen LogP contribution in [0.5, 0.6) is 11.5 Å². The van der Waals surface area contributed by atoms with Crippen LogP contribution in [0.2, 0.25) is 0 Å². The van der Waals surface area contributed by atoms with Crippen molar-refractivity contribution in [3.8, 4) is 11.5 Å². The van der Waals surface area contributed by atoms with Crippen molar-refractivity contribution in [2.24, 2.45) is 0 Å². The van der Waals surface area contributed by atoms with E-state index in [1.807, 2.05) is 24.3 Å². The van der Waals surface area contributed by atoms with E-state index >= 15 is 0 Å². The average Bonchev–Trinajstić information content (AvgIpc) is 2.93. The molecule has 1 aliphatic rings. The second-order valence-electron chi connectivity index (χ2n) is 6.29. The van der Waals surface area contributed by atoms with E-state index in [9.17, 15) is 9.59 Å². The zero-order valence-corrected chi connectivity index (χ0v) is 14.7. The zero-order chi connectivity index (χ0) is 18.6. The molecule has 0 radical (unpaired) electrons. The van der Waals surface area contributed by atoms with Crippen LogP contribution in [0.3, 0.4) is 0 Å². The minimum Gasteiger partial charge on any atom is -0.490 e. The number of carbonyl (C=O) groups is 2. The number of aromatic amines is 1. The van der Waals surface area contributed by atoms with Crippen molar-refractivity contribution in [1.29, 1.82) is 0 Å². The van der Waals surface area contributed by atoms with Crippen LogP contribution in [0.4, 0.5) is 5.95 Å². The van der Waals surface area contributed by atoms with Gasteiger partial charge in [0.15, 0.2) is 17.3 Å². The number of Topliss-reactive ketones (excluding diaryl/α,β-unsaturated/α-hetero) is 1. The number of carbonyl (C=O) groups excluding carboxylic acids is 2. The van der Waals surface area contributed by atoms with Crippen LogP contribution in [-0.4, -0.2) is 34.9 Å². The molecular weight excluding hydrogens is 346 g/mol. The molecular formula is C20H19N3O4. The number of anilines is 1. The highest BCUT2D eigenvalue weighted by Crippen LogP contribution is 2.30. The van der Waals surface area contributed by atoms with Gasteiger partial charge in [0, 0.05) is 24.8 Å². The molecule has 27 heavy (non-hydrogen) atoms. The first-order chi connectivity index (χ1) is 13.2. The fraction of sp³-hybridized carbons (Fsp3) is 0.250. The molecule has 0 spiro atoms. The predicted molar refractivity (Wildman–Crippen MR) is 100 cm³/mol. The number of H-pyrrole nitrogens is 1. The summed E-state index contributed by atoms with van der Waals surface area (Å²) in [5.74, 6) is 1.21. The first kappa shape index (κ1) is 17.1. The van der Waals surface area contributed by atoms with E-state index in [-0.39, 0.29) is 24.5 Å². The van der Waals surface area contributed by atoms with Gasteiger partial charge in [-0.3, -0.25) is 14.9 Å². The molecule has 4 rings (SSSR count). The lowest BCUT2D eigenvalue weighted by atomic mass is 10.1. The van der Waals surface area contributed by atoms with Crippen LogP contribution in [0.1, 0.15) is 29.6 Å². The van der Waals surface area contributed by atoms with E-state index in [0.29, 0.717) is 36.2 Å². The van der Waals surface area contributed by atoms with Crippen molar-refractivity contribution in [2.45, 2.75) is 19.3 Å². The number of para-hydroxylation sites is 2. The molecule has 1 aromatic heterocycles. The summed E-state index contributed by atoms with van der Waals surface area (Å²) >= 11 is 0. The SMILES string of the molecule is O=C(CCC(=O)c1ccc2c(c1)OCCCO2)Nc1nc2ccccc2[nH]1. The number of aromatic nitrogens is 2. The maximum absolute atomic E-state index is 12.4. The normalized spacial score (nSPS) is 13.2. The number of nitrogens with zero attached hydrogens (tertiary/aromatic N) is 1. The third-order valence-corrected chi connectivity index (χ3v) is 4.30. The number of ketones is 1. The van der Waals surface area contributed by atoms with Crippen molar-refractivity contribution < 1.29 is 19.1 Å². The Hall–Kier alpha value is -3.35. The van der Waals surface area contributed by atoms with E-state index in [0.717, 1.165) is 17.5 Å². The third kappa shape index (κ3) is 3.92. The Morgan fingerprint density at radius 2 is 1.85 bits per heavy atom. The molecule has 0 bridgehead atoms. The number of hydrogen-bond acceptors (Lipinski definition) is 5. The van der Waals surface area contributed by atoms with Gasteiger partial charge in [0.25, 0.3) is 0 Å². The molecule has 0 saturated carbocycles. The zero-order valence-electron chi connectivity index (χ0n) is 14.7. The number of ether oxygens (including phenoxy) is 2. The Balaban J connectivity index is 1.35. The summed E-state index contributed by atoms with van der Waals surface area (Å²) < 4.78 is 11.2. The van der Waals surface area contributed by atoms with Gasteiger partial charge in [-0.05, 0) is 30.3 Å². The van der Waals surface area contributed by atoms with Gasteiger partial charge in [-0.25, -0.2) is 4.98 Å².